The number of aliphatic hydroxyl groups is 1. The molecule has 1 aliphatic rings. The highest BCUT2D eigenvalue weighted by atomic mass is 16.5. The molecule has 0 radical (unpaired) electrons. The zero-order valence-corrected chi connectivity index (χ0v) is 11.8. The van der Waals surface area contributed by atoms with Crippen molar-refractivity contribution in [1.29, 1.82) is 0 Å². The third-order valence-electron chi connectivity index (χ3n) is 3.71. The Morgan fingerprint density at radius 3 is 2.90 bits per heavy atom. The minimum Gasteiger partial charge on any atom is -0.497 e. The van der Waals surface area contributed by atoms with Crippen molar-refractivity contribution in [3.63, 3.8) is 0 Å². The van der Waals surface area contributed by atoms with Gasteiger partial charge in [0.1, 0.15) is 5.75 Å². The summed E-state index contributed by atoms with van der Waals surface area (Å²) in [6.07, 6.45) is 5.18. The Bertz CT molecular complexity index is 507. The maximum absolute atomic E-state index is 11.2. The average Bonchev–Trinajstić information content (AvgIpc) is 2.62. The van der Waals surface area contributed by atoms with Gasteiger partial charge in [0.05, 0.1) is 20.3 Å². The van der Waals surface area contributed by atoms with Crippen molar-refractivity contribution < 1.29 is 19.4 Å². The number of rotatable bonds is 3. The Kier molecular flexibility index (Phi) is 4.79. The summed E-state index contributed by atoms with van der Waals surface area (Å²) in [5.74, 6) is 0.227. The summed E-state index contributed by atoms with van der Waals surface area (Å²) >= 11 is 0. The van der Waals surface area contributed by atoms with E-state index in [0.717, 1.165) is 24.2 Å². The van der Waals surface area contributed by atoms with Crippen LogP contribution >= 0.6 is 0 Å². The maximum Gasteiger partial charge on any atom is 0.330 e. The third-order valence-corrected chi connectivity index (χ3v) is 3.71. The zero-order valence-electron chi connectivity index (χ0n) is 11.8. The molecule has 0 aliphatic heterocycles. The van der Waals surface area contributed by atoms with Crippen LogP contribution in [0.2, 0.25) is 0 Å². The largest absolute Gasteiger partial charge is 0.497 e. The average molecular weight is 276 g/mol. The number of aliphatic hydroxyl groups excluding tert-OH is 1. The zero-order chi connectivity index (χ0) is 14.5. The first-order valence-electron chi connectivity index (χ1n) is 6.76. The third kappa shape index (κ3) is 3.20. The van der Waals surface area contributed by atoms with Gasteiger partial charge in [-0.15, -0.1) is 0 Å². The van der Waals surface area contributed by atoms with Gasteiger partial charge in [-0.25, -0.2) is 4.79 Å². The Morgan fingerprint density at radius 1 is 1.40 bits per heavy atom. The molecule has 108 valence electrons. The summed E-state index contributed by atoms with van der Waals surface area (Å²) in [4.78, 5) is 11.2. The van der Waals surface area contributed by atoms with E-state index in [9.17, 15) is 9.90 Å². The molecule has 20 heavy (non-hydrogen) atoms. The lowest BCUT2D eigenvalue weighted by Crippen LogP contribution is -2.16. The monoisotopic (exact) mass is 276 g/mol. The summed E-state index contributed by atoms with van der Waals surface area (Å²) < 4.78 is 9.85. The Hall–Kier alpha value is -1.81. The lowest BCUT2D eigenvalue weighted by atomic mass is 9.90. The minimum atomic E-state index is -0.481. The molecule has 1 aromatic carbocycles. The fraction of sp³-hybridized carbons (Fsp3) is 0.438. The van der Waals surface area contributed by atoms with E-state index in [-0.39, 0.29) is 5.92 Å². The topological polar surface area (TPSA) is 55.8 Å². The Balaban J connectivity index is 2.35. The number of methoxy groups -OCH3 is 2. The molecule has 1 aromatic rings. The van der Waals surface area contributed by atoms with Crippen LogP contribution in [0.4, 0.5) is 0 Å². The van der Waals surface area contributed by atoms with Crippen molar-refractivity contribution in [3.8, 4) is 5.75 Å². The lowest BCUT2D eigenvalue weighted by Gasteiger charge is -2.19. The van der Waals surface area contributed by atoms with Crippen LogP contribution in [0.15, 0.2) is 30.4 Å². The van der Waals surface area contributed by atoms with Crippen LogP contribution in [0.3, 0.4) is 0 Å². The molecule has 0 saturated heterocycles. The molecule has 0 aromatic heterocycles. The number of carbonyl (C=O) groups excluding carboxylic acids is 1. The number of hydrogen-bond acceptors (Lipinski definition) is 4. The molecule has 1 aliphatic carbocycles. The van der Waals surface area contributed by atoms with E-state index in [4.69, 9.17) is 4.74 Å². The molecular formula is C16H20O4. The standard InChI is InChI=1S/C16H20O4/c1-19-12-6-7-13-11(10-12)4-3-5-15(17)14(13)8-9-16(18)20-2/h6-10,14-15,17H,3-5H2,1-2H3/b9-8+/t14-,15-/m0/s1. The maximum atomic E-state index is 11.2. The first-order valence-corrected chi connectivity index (χ1v) is 6.76. The SMILES string of the molecule is COC(=O)/C=C/[C@H]1c2ccc(OC)cc2CCC[C@@H]1O. The van der Waals surface area contributed by atoms with Gasteiger partial charge in [-0.3, -0.25) is 0 Å². The van der Waals surface area contributed by atoms with Crippen LogP contribution in [0.25, 0.3) is 0 Å². The van der Waals surface area contributed by atoms with Gasteiger partial charge >= 0.3 is 5.97 Å². The summed E-state index contributed by atoms with van der Waals surface area (Å²) in [5, 5.41) is 10.3. The molecule has 0 unspecified atom stereocenters. The first-order chi connectivity index (χ1) is 9.65. The van der Waals surface area contributed by atoms with Crippen LogP contribution in [-0.4, -0.2) is 31.4 Å². The first kappa shape index (κ1) is 14.6. The van der Waals surface area contributed by atoms with Gasteiger partial charge in [-0.1, -0.05) is 12.1 Å². The van der Waals surface area contributed by atoms with Crippen molar-refractivity contribution in [3.05, 3.63) is 41.5 Å². The van der Waals surface area contributed by atoms with Crippen molar-refractivity contribution in [1.82, 2.24) is 0 Å². The van der Waals surface area contributed by atoms with Crippen LogP contribution < -0.4 is 4.74 Å². The summed E-state index contributed by atoms with van der Waals surface area (Å²) in [7, 11) is 2.98. The highest BCUT2D eigenvalue weighted by Crippen LogP contribution is 2.33. The Labute approximate surface area is 119 Å². The number of aryl methyl sites for hydroxylation is 1. The van der Waals surface area contributed by atoms with E-state index in [1.807, 2.05) is 18.2 Å². The molecule has 0 amide bonds. The number of ether oxygens (including phenoxy) is 2. The van der Waals surface area contributed by atoms with Crippen LogP contribution in [0.1, 0.15) is 29.9 Å². The molecule has 4 nitrogen and oxygen atoms in total. The molecule has 0 bridgehead atoms. The molecule has 1 N–H and O–H groups in total. The quantitative estimate of drug-likeness (QED) is 0.522. The fourth-order valence-electron chi connectivity index (χ4n) is 2.62. The predicted molar refractivity (Wildman–Crippen MR) is 75.8 cm³/mol. The molecular weight excluding hydrogens is 256 g/mol. The summed E-state index contributed by atoms with van der Waals surface area (Å²) in [5.41, 5.74) is 2.22. The number of benzene rings is 1. The molecule has 0 fully saturated rings. The second kappa shape index (κ2) is 6.57. The molecule has 2 atom stereocenters. The highest BCUT2D eigenvalue weighted by molar-refractivity contribution is 5.82. The molecule has 0 spiro atoms. The van der Waals surface area contributed by atoms with Gasteiger partial charge in [-0.2, -0.15) is 0 Å². The van der Waals surface area contributed by atoms with Crippen molar-refractivity contribution in [2.45, 2.75) is 31.3 Å². The number of fused-ring (bicyclic) bond motifs is 1. The fourth-order valence-corrected chi connectivity index (χ4v) is 2.62. The molecule has 0 saturated carbocycles. The van der Waals surface area contributed by atoms with Gasteiger partial charge in [0.25, 0.3) is 0 Å². The van der Waals surface area contributed by atoms with Crippen LogP contribution in [0.5, 0.6) is 5.75 Å². The van der Waals surface area contributed by atoms with Gasteiger partial charge in [0, 0.05) is 12.0 Å². The van der Waals surface area contributed by atoms with Crippen molar-refractivity contribution in [2.24, 2.45) is 0 Å². The van der Waals surface area contributed by atoms with Crippen LogP contribution in [-0.2, 0) is 16.0 Å². The van der Waals surface area contributed by atoms with E-state index in [2.05, 4.69) is 4.74 Å². The van der Waals surface area contributed by atoms with E-state index in [0.29, 0.717) is 6.42 Å². The number of hydrogen-bond donors (Lipinski definition) is 1. The van der Waals surface area contributed by atoms with Gasteiger partial charge in [-0.05, 0) is 42.5 Å². The summed E-state index contributed by atoms with van der Waals surface area (Å²) in [6, 6.07) is 5.86. The highest BCUT2D eigenvalue weighted by Gasteiger charge is 2.24. The van der Waals surface area contributed by atoms with E-state index in [1.165, 1.54) is 18.7 Å². The molecule has 4 heteroatoms. The predicted octanol–water partition coefficient (Wildman–Crippen LogP) is 2.21. The minimum absolute atomic E-state index is 0.183. The van der Waals surface area contributed by atoms with Crippen molar-refractivity contribution in [2.75, 3.05) is 14.2 Å². The second-order valence-corrected chi connectivity index (χ2v) is 4.93. The van der Waals surface area contributed by atoms with Gasteiger partial charge in [0.2, 0.25) is 0 Å². The summed E-state index contributed by atoms with van der Waals surface area (Å²) in [6.45, 7) is 0. The van der Waals surface area contributed by atoms with Crippen molar-refractivity contribution >= 4 is 5.97 Å². The van der Waals surface area contributed by atoms with E-state index < -0.39 is 12.1 Å². The number of carbonyl (C=O) groups is 1. The smallest absolute Gasteiger partial charge is 0.330 e. The molecule has 2 rings (SSSR count). The van der Waals surface area contributed by atoms with E-state index >= 15 is 0 Å². The van der Waals surface area contributed by atoms with E-state index in [1.54, 1.807) is 13.2 Å². The number of esters is 1. The van der Waals surface area contributed by atoms with Gasteiger partial charge < -0.3 is 14.6 Å². The second-order valence-electron chi connectivity index (χ2n) is 4.93. The normalized spacial score (nSPS) is 22.1. The Morgan fingerprint density at radius 2 is 2.20 bits per heavy atom. The lowest BCUT2D eigenvalue weighted by molar-refractivity contribution is -0.134. The molecule has 0 heterocycles. The van der Waals surface area contributed by atoms with Gasteiger partial charge in [0.15, 0.2) is 0 Å². The van der Waals surface area contributed by atoms with Crippen LogP contribution in [0, 0.1) is 0 Å².